The summed E-state index contributed by atoms with van der Waals surface area (Å²) in [7, 11) is 0. The molecule has 0 heterocycles. The molecule has 0 aliphatic carbocycles. The normalized spacial score (nSPS) is 11.0. The van der Waals surface area contributed by atoms with Gasteiger partial charge in [0.15, 0.2) is 0 Å². The van der Waals surface area contributed by atoms with Gasteiger partial charge in [0.05, 0.1) is 20.8 Å². The van der Waals surface area contributed by atoms with Crippen LogP contribution in [0.3, 0.4) is 0 Å². The second-order valence-corrected chi connectivity index (χ2v) is 7.04. The van der Waals surface area contributed by atoms with Crippen molar-refractivity contribution in [2.45, 2.75) is 19.9 Å². The Balaban J connectivity index is 2.11. The summed E-state index contributed by atoms with van der Waals surface area (Å²) in [4.78, 5) is 24.2. The predicted octanol–water partition coefficient (Wildman–Crippen LogP) is 5.44. The van der Waals surface area contributed by atoms with Gasteiger partial charge in [-0.1, -0.05) is 40.9 Å². The first-order valence-electron chi connectivity index (χ1n) is 7.81. The highest BCUT2D eigenvalue weighted by Gasteiger charge is 2.11. The molecule has 0 radical (unpaired) electrons. The highest BCUT2D eigenvalue weighted by Crippen LogP contribution is 2.24. The molecule has 136 valence electrons. The first kappa shape index (κ1) is 20.3. The van der Waals surface area contributed by atoms with Gasteiger partial charge in [-0.15, -0.1) is 0 Å². The van der Waals surface area contributed by atoms with Crippen LogP contribution < -0.4 is 10.6 Å². The Bertz CT molecular complexity index is 864. The van der Waals surface area contributed by atoms with E-state index in [1.165, 1.54) is 12.1 Å². The zero-order valence-corrected chi connectivity index (χ0v) is 16.4. The average molecular weight is 412 g/mol. The summed E-state index contributed by atoms with van der Waals surface area (Å²) in [6.07, 6.45) is 2.94. The highest BCUT2D eigenvalue weighted by atomic mass is 35.5. The fourth-order valence-electron chi connectivity index (χ4n) is 2.07. The van der Waals surface area contributed by atoms with Gasteiger partial charge in [-0.2, -0.15) is 0 Å². The number of carbonyl (C=O) groups is 2. The summed E-state index contributed by atoms with van der Waals surface area (Å²) in [5.74, 6) is -0.627. The summed E-state index contributed by atoms with van der Waals surface area (Å²) in [6, 6.07) is 9.74. The SMILES string of the molecule is CC(C)NC(=O)c1ccc(Cl)c(NC(=O)C=Cc2ccc(Cl)c(Cl)c2)c1. The molecule has 0 fully saturated rings. The molecule has 2 aromatic carbocycles. The summed E-state index contributed by atoms with van der Waals surface area (Å²) in [6.45, 7) is 3.73. The molecule has 0 aromatic heterocycles. The van der Waals surface area contributed by atoms with Crippen LogP contribution in [0.2, 0.25) is 15.1 Å². The zero-order valence-electron chi connectivity index (χ0n) is 14.1. The lowest BCUT2D eigenvalue weighted by atomic mass is 10.1. The monoisotopic (exact) mass is 410 g/mol. The molecule has 2 aromatic rings. The van der Waals surface area contributed by atoms with Crippen LogP contribution in [-0.4, -0.2) is 17.9 Å². The molecule has 0 saturated heterocycles. The largest absolute Gasteiger partial charge is 0.350 e. The fraction of sp³-hybridized carbons (Fsp3) is 0.158. The molecule has 4 nitrogen and oxygen atoms in total. The van der Waals surface area contributed by atoms with E-state index in [2.05, 4.69) is 10.6 Å². The molecule has 0 atom stereocenters. The molecule has 2 amide bonds. The third-order valence-corrected chi connectivity index (χ3v) is 4.35. The Morgan fingerprint density at radius 1 is 0.962 bits per heavy atom. The molecule has 0 unspecified atom stereocenters. The Morgan fingerprint density at radius 3 is 2.31 bits per heavy atom. The molecular weight excluding hydrogens is 395 g/mol. The maximum Gasteiger partial charge on any atom is 0.251 e. The van der Waals surface area contributed by atoms with Crippen molar-refractivity contribution in [3.05, 3.63) is 68.7 Å². The third-order valence-electron chi connectivity index (χ3n) is 3.28. The molecule has 0 aliphatic rings. The Morgan fingerprint density at radius 2 is 1.65 bits per heavy atom. The van der Waals surface area contributed by atoms with Gasteiger partial charge >= 0.3 is 0 Å². The van der Waals surface area contributed by atoms with E-state index in [1.54, 1.807) is 36.4 Å². The van der Waals surface area contributed by atoms with Gasteiger partial charge < -0.3 is 10.6 Å². The number of nitrogens with one attached hydrogen (secondary N) is 2. The van der Waals surface area contributed by atoms with E-state index >= 15 is 0 Å². The quantitative estimate of drug-likeness (QED) is 0.644. The zero-order chi connectivity index (χ0) is 19.3. The van der Waals surface area contributed by atoms with Crippen LogP contribution in [0.5, 0.6) is 0 Å². The number of anilines is 1. The van der Waals surface area contributed by atoms with Crippen molar-refractivity contribution in [1.82, 2.24) is 5.32 Å². The molecule has 0 bridgehead atoms. The van der Waals surface area contributed by atoms with Gasteiger partial charge in [0.1, 0.15) is 0 Å². The first-order chi connectivity index (χ1) is 12.3. The molecular formula is C19H17Cl3N2O2. The van der Waals surface area contributed by atoms with E-state index in [9.17, 15) is 9.59 Å². The number of benzene rings is 2. The van der Waals surface area contributed by atoms with Crippen LogP contribution >= 0.6 is 34.8 Å². The van der Waals surface area contributed by atoms with Crippen molar-refractivity contribution in [2.24, 2.45) is 0 Å². The van der Waals surface area contributed by atoms with Gasteiger partial charge in [-0.05, 0) is 55.8 Å². The van der Waals surface area contributed by atoms with Crippen molar-refractivity contribution in [3.63, 3.8) is 0 Å². The van der Waals surface area contributed by atoms with E-state index in [0.717, 1.165) is 5.56 Å². The van der Waals surface area contributed by atoms with Crippen LogP contribution in [0.15, 0.2) is 42.5 Å². The van der Waals surface area contributed by atoms with E-state index in [4.69, 9.17) is 34.8 Å². The van der Waals surface area contributed by atoms with Crippen molar-refractivity contribution >= 4 is 58.4 Å². The van der Waals surface area contributed by atoms with Crippen molar-refractivity contribution in [3.8, 4) is 0 Å². The second kappa shape index (κ2) is 9.08. The Labute approximate surface area is 167 Å². The van der Waals surface area contributed by atoms with E-state index < -0.39 is 0 Å². The van der Waals surface area contributed by atoms with Crippen molar-refractivity contribution in [1.29, 1.82) is 0 Å². The topological polar surface area (TPSA) is 58.2 Å². The van der Waals surface area contributed by atoms with Crippen LogP contribution in [0.4, 0.5) is 5.69 Å². The second-order valence-electron chi connectivity index (χ2n) is 5.82. The van der Waals surface area contributed by atoms with Gasteiger partial charge in [0.25, 0.3) is 5.91 Å². The molecule has 26 heavy (non-hydrogen) atoms. The first-order valence-corrected chi connectivity index (χ1v) is 8.94. The lowest BCUT2D eigenvalue weighted by Gasteiger charge is -2.11. The van der Waals surface area contributed by atoms with Crippen molar-refractivity contribution < 1.29 is 9.59 Å². The van der Waals surface area contributed by atoms with Gasteiger partial charge in [-0.25, -0.2) is 0 Å². The van der Waals surface area contributed by atoms with Crippen LogP contribution in [-0.2, 0) is 4.79 Å². The number of rotatable bonds is 5. The molecule has 0 saturated carbocycles. The number of amides is 2. The standard InChI is InChI=1S/C19H17Cl3N2O2/c1-11(2)23-19(26)13-5-7-15(21)17(10-13)24-18(25)8-4-12-3-6-14(20)16(22)9-12/h3-11H,1-2H3,(H,23,26)(H,24,25). The maximum absolute atomic E-state index is 12.1. The van der Waals surface area contributed by atoms with Crippen LogP contribution in [0.1, 0.15) is 29.8 Å². The number of halogens is 3. The fourth-order valence-corrected chi connectivity index (χ4v) is 2.54. The highest BCUT2D eigenvalue weighted by molar-refractivity contribution is 6.42. The number of hydrogen-bond donors (Lipinski definition) is 2. The minimum atomic E-state index is -0.389. The minimum Gasteiger partial charge on any atom is -0.350 e. The van der Waals surface area contributed by atoms with Gasteiger partial charge in [0.2, 0.25) is 5.91 Å². The van der Waals surface area contributed by atoms with Crippen molar-refractivity contribution in [2.75, 3.05) is 5.32 Å². The predicted molar refractivity (Wildman–Crippen MR) is 108 cm³/mol. The summed E-state index contributed by atoms with van der Waals surface area (Å²) >= 11 is 17.9. The Kier molecular flexibility index (Phi) is 7.09. The van der Waals surface area contributed by atoms with Crippen LogP contribution in [0.25, 0.3) is 6.08 Å². The smallest absolute Gasteiger partial charge is 0.251 e. The molecule has 0 spiro atoms. The maximum atomic E-state index is 12.1. The number of hydrogen-bond acceptors (Lipinski definition) is 2. The van der Waals surface area contributed by atoms with Gasteiger partial charge in [-0.3, -0.25) is 9.59 Å². The molecule has 2 rings (SSSR count). The van der Waals surface area contributed by atoms with Gasteiger partial charge in [0, 0.05) is 17.7 Å². The van der Waals surface area contributed by atoms with Crippen LogP contribution in [0, 0.1) is 0 Å². The summed E-state index contributed by atoms with van der Waals surface area (Å²) < 4.78 is 0. The average Bonchev–Trinajstić information content (AvgIpc) is 2.57. The summed E-state index contributed by atoms with van der Waals surface area (Å²) in [5.41, 5.74) is 1.49. The van der Waals surface area contributed by atoms with E-state index in [0.29, 0.717) is 26.3 Å². The third kappa shape index (κ3) is 5.77. The lowest BCUT2D eigenvalue weighted by molar-refractivity contribution is -0.111. The minimum absolute atomic E-state index is 0.00496. The van der Waals surface area contributed by atoms with E-state index in [1.807, 2.05) is 13.8 Å². The molecule has 7 heteroatoms. The Hall–Kier alpha value is -2.01. The molecule has 0 aliphatic heterocycles. The molecule has 2 N–H and O–H groups in total. The number of carbonyl (C=O) groups excluding carboxylic acids is 2. The van der Waals surface area contributed by atoms with E-state index in [-0.39, 0.29) is 17.9 Å². The lowest BCUT2D eigenvalue weighted by Crippen LogP contribution is -2.30. The summed E-state index contributed by atoms with van der Waals surface area (Å²) in [5, 5.41) is 6.62.